The van der Waals surface area contributed by atoms with Gasteiger partial charge in [0.05, 0.1) is 7.11 Å². The number of aryl methyl sites for hydroxylation is 1. The summed E-state index contributed by atoms with van der Waals surface area (Å²) < 4.78 is 5.15. The number of thiophene rings is 1. The second-order valence-corrected chi connectivity index (χ2v) is 6.06. The van der Waals surface area contributed by atoms with E-state index in [2.05, 4.69) is 5.32 Å². The van der Waals surface area contributed by atoms with Gasteiger partial charge in [-0.3, -0.25) is 4.79 Å². The minimum Gasteiger partial charge on any atom is -0.495 e. The number of carbonyl (C=O) groups excluding carboxylic acids is 1. The lowest BCUT2D eigenvalue weighted by Crippen LogP contribution is -2.42. The molecule has 0 fully saturated rings. The Balaban J connectivity index is 2.14. The highest BCUT2D eigenvalue weighted by Gasteiger charge is 2.24. The van der Waals surface area contributed by atoms with Crippen LogP contribution in [0, 0.1) is 6.92 Å². The molecule has 1 heterocycles. The summed E-state index contributed by atoms with van der Waals surface area (Å²) >= 11 is 1.28. The topological polar surface area (TPSA) is 75.6 Å². The third-order valence-electron chi connectivity index (χ3n) is 3.13. The van der Waals surface area contributed by atoms with Crippen molar-refractivity contribution in [3.8, 4) is 5.75 Å². The van der Waals surface area contributed by atoms with Crippen LogP contribution in [-0.2, 0) is 11.2 Å². The Labute approximate surface area is 132 Å². The summed E-state index contributed by atoms with van der Waals surface area (Å²) in [6.07, 6.45) is 0.231. The number of hydrogen-bond acceptors (Lipinski definition) is 4. The molecule has 2 N–H and O–H groups in total. The molecule has 22 heavy (non-hydrogen) atoms. The maximum absolute atomic E-state index is 12.3. The van der Waals surface area contributed by atoms with Gasteiger partial charge in [-0.15, -0.1) is 11.3 Å². The highest BCUT2D eigenvalue weighted by Crippen LogP contribution is 2.28. The molecular weight excluding hydrogens is 302 g/mol. The molecule has 0 bridgehead atoms. The van der Waals surface area contributed by atoms with Crippen LogP contribution < -0.4 is 10.1 Å². The number of methoxy groups -OCH3 is 1. The number of carboxylic acids is 1. The lowest BCUT2D eigenvalue weighted by molar-refractivity contribution is -0.139. The molecule has 116 valence electrons. The fourth-order valence-electron chi connectivity index (χ4n) is 2.07. The van der Waals surface area contributed by atoms with Crippen molar-refractivity contribution in [1.29, 1.82) is 0 Å². The standard InChI is InChI=1S/C16H17NO4S/c1-10-8-13(21-2)14(22-10)15(18)17-12(16(19)20)9-11-6-4-3-5-7-11/h3-8,12H,9H2,1-2H3,(H,17,18)(H,19,20). The van der Waals surface area contributed by atoms with E-state index in [0.717, 1.165) is 10.4 Å². The first-order valence-electron chi connectivity index (χ1n) is 6.73. The van der Waals surface area contributed by atoms with E-state index in [4.69, 9.17) is 4.74 Å². The zero-order valence-corrected chi connectivity index (χ0v) is 13.1. The predicted molar refractivity (Wildman–Crippen MR) is 84.6 cm³/mol. The summed E-state index contributed by atoms with van der Waals surface area (Å²) in [5, 5.41) is 11.9. The van der Waals surface area contributed by atoms with Gasteiger partial charge in [-0.05, 0) is 18.6 Å². The molecule has 1 aromatic carbocycles. The Morgan fingerprint density at radius 2 is 2.00 bits per heavy atom. The van der Waals surface area contributed by atoms with E-state index in [9.17, 15) is 14.7 Å². The molecule has 1 aromatic heterocycles. The number of nitrogens with one attached hydrogen (secondary N) is 1. The van der Waals surface area contributed by atoms with Gasteiger partial charge in [0, 0.05) is 11.3 Å². The van der Waals surface area contributed by atoms with E-state index in [0.29, 0.717) is 10.6 Å². The molecule has 0 radical (unpaired) electrons. The van der Waals surface area contributed by atoms with Gasteiger partial charge in [0.15, 0.2) is 0 Å². The van der Waals surface area contributed by atoms with Crippen LogP contribution in [0.25, 0.3) is 0 Å². The van der Waals surface area contributed by atoms with Crippen molar-refractivity contribution >= 4 is 23.2 Å². The largest absolute Gasteiger partial charge is 0.495 e. The number of hydrogen-bond donors (Lipinski definition) is 2. The van der Waals surface area contributed by atoms with E-state index in [1.54, 1.807) is 6.07 Å². The fourth-order valence-corrected chi connectivity index (χ4v) is 2.96. The van der Waals surface area contributed by atoms with Gasteiger partial charge in [-0.25, -0.2) is 4.79 Å². The molecule has 1 atom stereocenters. The predicted octanol–water partition coefficient (Wildman–Crippen LogP) is 2.49. The molecule has 6 heteroatoms. The zero-order valence-electron chi connectivity index (χ0n) is 12.3. The van der Waals surface area contributed by atoms with E-state index in [1.165, 1.54) is 18.4 Å². The number of aliphatic carboxylic acids is 1. The SMILES string of the molecule is COc1cc(C)sc1C(=O)NC(Cc1ccccc1)C(=O)O. The van der Waals surface area contributed by atoms with Crippen molar-refractivity contribution in [2.75, 3.05) is 7.11 Å². The Morgan fingerprint density at radius 3 is 2.59 bits per heavy atom. The fraction of sp³-hybridized carbons (Fsp3) is 0.250. The second-order valence-electron chi connectivity index (χ2n) is 4.81. The summed E-state index contributed by atoms with van der Waals surface area (Å²) in [5.74, 6) is -1.04. The molecule has 0 spiro atoms. The molecular formula is C16H17NO4S. The Morgan fingerprint density at radius 1 is 1.32 bits per heavy atom. The minimum atomic E-state index is -1.07. The molecule has 1 amide bonds. The number of carbonyl (C=O) groups is 2. The number of amides is 1. The summed E-state index contributed by atoms with van der Waals surface area (Å²) in [7, 11) is 1.48. The quantitative estimate of drug-likeness (QED) is 0.858. The maximum atomic E-state index is 12.3. The van der Waals surface area contributed by atoms with Crippen molar-refractivity contribution in [1.82, 2.24) is 5.32 Å². The number of rotatable bonds is 6. The number of carboxylic acid groups (broad SMARTS) is 1. The lowest BCUT2D eigenvalue weighted by atomic mass is 10.1. The minimum absolute atomic E-state index is 0.231. The van der Waals surface area contributed by atoms with Crippen LogP contribution in [-0.4, -0.2) is 30.1 Å². The van der Waals surface area contributed by atoms with E-state index in [-0.39, 0.29) is 6.42 Å². The van der Waals surface area contributed by atoms with Gasteiger partial charge >= 0.3 is 5.97 Å². The zero-order chi connectivity index (χ0) is 16.1. The summed E-state index contributed by atoms with van der Waals surface area (Å²) in [6, 6.07) is 9.96. The van der Waals surface area contributed by atoms with Crippen LogP contribution in [0.5, 0.6) is 5.75 Å². The summed E-state index contributed by atoms with van der Waals surface area (Å²) in [4.78, 5) is 25.0. The smallest absolute Gasteiger partial charge is 0.326 e. The van der Waals surface area contributed by atoms with Crippen molar-refractivity contribution in [3.63, 3.8) is 0 Å². The van der Waals surface area contributed by atoms with Crippen LogP contribution in [0.4, 0.5) is 0 Å². The van der Waals surface area contributed by atoms with Crippen LogP contribution in [0.2, 0.25) is 0 Å². The van der Waals surface area contributed by atoms with Crippen LogP contribution in [0.1, 0.15) is 20.1 Å². The van der Waals surface area contributed by atoms with Crippen molar-refractivity contribution < 1.29 is 19.4 Å². The molecule has 0 aliphatic rings. The molecule has 2 aromatic rings. The molecule has 5 nitrogen and oxygen atoms in total. The first kappa shape index (κ1) is 16.0. The van der Waals surface area contributed by atoms with Gasteiger partial charge in [-0.1, -0.05) is 30.3 Å². The van der Waals surface area contributed by atoms with Gasteiger partial charge in [0.25, 0.3) is 5.91 Å². The number of ether oxygens (including phenoxy) is 1. The Kier molecular flexibility index (Phi) is 5.16. The summed E-state index contributed by atoms with van der Waals surface area (Å²) in [6.45, 7) is 1.86. The van der Waals surface area contributed by atoms with Gasteiger partial charge in [0.2, 0.25) is 0 Å². The van der Waals surface area contributed by atoms with Gasteiger partial charge in [-0.2, -0.15) is 0 Å². The van der Waals surface area contributed by atoms with Gasteiger partial charge in [0.1, 0.15) is 16.7 Å². The molecule has 0 aliphatic heterocycles. The molecule has 0 saturated heterocycles. The molecule has 2 rings (SSSR count). The second kappa shape index (κ2) is 7.09. The molecule has 0 saturated carbocycles. The molecule has 0 aliphatic carbocycles. The maximum Gasteiger partial charge on any atom is 0.326 e. The average molecular weight is 319 g/mol. The third kappa shape index (κ3) is 3.85. The highest BCUT2D eigenvalue weighted by atomic mass is 32.1. The average Bonchev–Trinajstić information content (AvgIpc) is 2.88. The number of benzene rings is 1. The normalized spacial score (nSPS) is 11.7. The van der Waals surface area contributed by atoms with E-state index in [1.807, 2.05) is 37.3 Å². The van der Waals surface area contributed by atoms with Crippen LogP contribution in [0.3, 0.4) is 0 Å². The van der Waals surface area contributed by atoms with Gasteiger partial charge < -0.3 is 15.2 Å². The Bertz CT molecular complexity index is 666. The Hall–Kier alpha value is -2.34. The van der Waals surface area contributed by atoms with Crippen molar-refractivity contribution in [2.24, 2.45) is 0 Å². The van der Waals surface area contributed by atoms with E-state index < -0.39 is 17.9 Å². The third-order valence-corrected chi connectivity index (χ3v) is 4.16. The molecule has 1 unspecified atom stereocenters. The first-order valence-corrected chi connectivity index (χ1v) is 7.55. The van der Waals surface area contributed by atoms with Crippen LogP contribution in [0.15, 0.2) is 36.4 Å². The first-order chi connectivity index (χ1) is 10.5. The van der Waals surface area contributed by atoms with Crippen LogP contribution >= 0.6 is 11.3 Å². The lowest BCUT2D eigenvalue weighted by Gasteiger charge is -2.14. The van der Waals surface area contributed by atoms with Crippen molar-refractivity contribution in [2.45, 2.75) is 19.4 Å². The van der Waals surface area contributed by atoms with E-state index >= 15 is 0 Å². The monoisotopic (exact) mass is 319 g/mol. The summed E-state index contributed by atoms with van der Waals surface area (Å²) in [5.41, 5.74) is 0.851. The highest BCUT2D eigenvalue weighted by molar-refractivity contribution is 7.14. The van der Waals surface area contributed by atoms with Crippen molar-refractivity contribution in [3.05, 3.63) is 51.7 Å².